The first-order valence-electron chi connectivity index (χ1n) is 11.3. The number of hydrogen-bond acceptors (Lipinski definition) is 2. The molecular weight excluding hydrogens is 384 g/mol. The molecule has 0 amide bonds. The molecule has 2 rings (SSSR count). The third-order valence-electron chi connectivity index (χ3n) is 6.70. The number of aliphatic hydroxyl groups is 1. The van der Waals surface area contributed by atoms with E-state index in [-0.39, 0.29) is 5.92 Å². The van der Waals surface area contributed by atoms with Crippen molar-refractivity contribution in [3.63, 3.8) is 0 Å². The minimum absolute atomic E-state index is 0.0898. The van der Waals surface area contributed by atoms with E-state index in [0.29, 0.717) is 23.2 Å². The molecule has 2 aromatic carbocycles. The van der Waals surface area contributed by atoms with Gasteiger partial charge in [-0.3, -0.25) is 0 Å². The molecule has 0 aliphatic rings. The van der Waals surface area contributed by atoms with Crippen LogP contribution in [0, 0.1) is 5.92 Å². The lowest BCUT2D eigenvalue weighted by Crippen LogP contribution is -2.48. The Balaban J connectivity index is 2.21. The van der Waals surface area contributed by atoms with Gasteiger partial charge in [-0.05, 0) is 38.9 Å². The zero-order chi connectivity index (χ0) is 22.5. The average Bonchev–Trinajstić information content (AvgIpc) is 2.72. The van der Waals surface area contributed by atoms with Crippen LogP contribution in [0.25, 0.3) is 11.1 Å². The molecule has 30 heavy (non-hydrogen) atoms. The molecule has 0 fully saturated rings. The molecule has 3 heteroatoms. The van der Waals surface area contributed by atoms with Crippen molar-refractivity contribution in [1.82, 2.24) is 0 Å². The van der Waals surface area contributed by atoms with Gasteiger partial charge < -0.3 is 9.53 Å². The van der Waals surface area contributed by atoms with E-state index in [1.165, 1.54) is 0 Å². The smallest absolute Gasteiger partial charge is 0.200 e. The van der Waals surface area contributed by atoms with Crippen LogP contribution in [0.1, 0.15) is 60.1 Å². The van der Waals surface area contributed by atoms with E-state index in [9.17, 15) is 5.11 Å². The first kappa shape index (κ1) is 24.6. The number of hydrogen-bond donors (Lipinski definition) is 1. The van der Waals surface area contributed by atoms with Crippen molar-refractivity contribution in [1.29, 1.82) is 0 Å². The molecule has 0 heterocycles. The molecule has 1 N–H and O–H groups in total. The van der Waals surface area contributed by atoms with Crippen molar-refractivity contribution < 1.29 is 9.53 Å². The molecule has 2 atom stereocenters. The van der Waals surface area contributed by atoms with Crippen molar-refractivity contribution in [3.05, 3.63) is 72.3 Å². The maximum atomic E-state index is 11.3. The third-order valence-corrected chi connectivity index (χ3v) is 12.8. The molecule has 0 aliphatic heterocycles. The highest BCUT2D eigenvalue weighted by molar-refractivity contribution is 6.77. The van der Waals surface area contributed by atoms with Gasteiger partial charge in [0.2, 0.25) is 8.32 Å². The summed E-state index contributed by atoms with van der Waals surface area (Å²) < 4.78 is 6.73. The van der Waals surface area contributed by atoms with Crippen LogP contribution in [-0.2, 0) is 4.43 Å². The largest absolute Gasteiger partial charge is 0.412 e. The van der Waals surface area contributed by atoms with Gasteiger partial charge >= 0.3 is 0 Å². The number of rotatable bonds is 10. The van der Waals surface area contributed by atoms with E-state index in [2.05, 4.69) is 73.2 Å². The third kappa shape index (κ3) is 5.13. The van der Waals surface area contributed by atoms with Crippen LogP contribution in [0.2, 0.25) is 16.6 Å². The summed E-state index contributed by atoms with van der Waals surface area (Å²) in [6.45, 7) is 20.7. The predicted molar refractivity (Wildman–Crippen MR) is 132 cm³/mol. The van der Waals surface area contributed by atoms with Crippen LogP contribution in [0.3, 0.4) is 0 Å². The Morgan fingerprint density at radius 2 is 1.33 bits per heavy atom. The van der Waals surface area contributed by atoms with E-state index in [4.69, 9.17) is 4.43 Å². The summed E-state index contributed by atoms with van der Waals surface area (Å²) >= 11 is 0. The Bertz CT molecular complexity index is 789. The fraction of sp³-hybridized carbons (Fsp3) is 0.481. The minimum Gasteiger partial charge on any atom is -0.412 e. The number of benzene rings is 2. The van der Waals surface area contributed by atoms with Gasteiger partial charge in [0.25, 0.3) is 0 Å². The molecule has 0 radical (unpaired) electrons. The van der Waals surface area contributed by atoms with Crippen molar-refractivity contribution in [2.45, 2.75) is 71.2 Å². The van der Waals surface area contributed by atoms with Crippen LogP contribution in [0.15, 0.2) is 66.7 Å². The fourth-order valence-corrected chi connectivity index (χ4v) is 10.4. The lowest BCUT2D eigenvalue weighted by molar-refractivity contribution is 0.128. The van der Waals surface area contributed by atoms with Gasteiger partial charge in [0, 0.05) is 5.92 Å². The lowest BCUT2D eigenvalue weighted by atomic mass is 9.87. The summed E-state index contributed by atoms with van der Waals surface area (Å²) in [6, 6.07) is 18.4. The monoisotopic (exact) mass is 424 g/mol. The van der Waals surface area contributed by atoms with Gasteiger partial charge in [-0.25, -0.2) is 0 Å². The Kier molecular flexibility index (Phi) is 8.66. The van der Waals surface area contributed by atoms with Crippen LogP contribution >= 0.6 is 0 Å². The summed E-state index contributed by atoms with van der Waals surface area (Å²) in [5.74, 6) is -0.0898. The van der Waals surface area contributed by atoms with Gasteiger partial charge in [0.15, 0.2) is 0 Å². The minimum atomic E-state index is -1.96. The maximum absolute atomic E-state index is 11.3. The standard InChI is InChI=1S/C27H40O2Si/c1-19(2)30(20(3)4,21(5)6)29-18-22(7)23(8)27(28)26-17-13-12-16-25(26)24-14-10-9-11-15-24/h9-17,19-21,23,27-28H,7,18H2,1-6,8H3/t23-,27+/m0/s1. The molecule has 2 nitrogen and oxygen atoms in total. The highest BCUT2D eigenvalue weighted by Crippen LogP contribution is 2.43. The average molecular weight is 425 g/mol. The molecule has 0 saturated heterocycles. The maximum Gasteiger partial charge on any atom is 0.200 e. The zero-order valence-electron chi connectivity index (χ0n) is 19.9. The molecule has 0 spiro atoms. The van der Waals surface area contributed by atoms with Gasteiger partial charge in [-0.15, -0.1) is 0 Å². The summed E-state index contributed by atoms with van der Waals surface area (Å²) in [4.78, 5) is 0. The molecule has 2 aromatic rings. The summed E-state index contributed by atoms with van der Waals surface area (Å²) in [7, 11) is -1.96. The van der Waals surface area contributed by atoms with E-state index in [1.807, 2.05) is 36.4 Å². The first-order chi connectivity index (χ1) is 14.1. The van der Waals surface area contributed by atoms with Crippen molar-refractivity contribution in [2.24, 2.45) is 5.92 Å². The fourth-order valence-electron chi connectivity index (χ4n) is 4.98. The second kappa shape index (κ2) is 10.6. The van der Waals surface area contributed by atoms with E-state index in [0.717, 1.165) is 22.3 Å². The number of aliphatic hydroxyl groups excluding tert-OH is 1. The van der Waals surface area contributed by atoms with Crippen LogP contribution in [0.5, 0.6) is 0 Å². The topological polar surface area (TPSA) is 29.5 Å². The van der Waals surface area contributed by atoms with E-state index in [1.54, 1.807) is 0 Å². The highest BCUT2D eigenvalue weighted by atomic mass is 28.4. The second-order valence-electron chi connectivity index (χ2n) is 9.45. The Morgan fingerprint density at radius 3 is 1.87 bits per heavy atom. The molecular formula is C27H40O2Si. The summed E-state index contributed by atoms with van der Waals surface area (Å²) in [5, 5.41) is 11.3. The van der Waals surface area contributed by atoms with Crippen molar-refractivity contribution in [2.75, 3.05) is 6.61 Å². The Morgan fingerprint density at radius 1 is 0.833 bits per heavy atom. The van der Waals surface area contributed by atoms with Gasteiger partial charge in [-0.1, -0.05) is 110 Å². The van der Waals surface area contributed by atoms with Crippen LogP contribution in [0.4, 0.5) is 0 Å². The van der Waals surface area contributed by atoms with Crippen molar-refractivity contribution in [3.8, 4) is 11.1 Å². The normalized spacial score (nSPS) is 14.4. The molecule has 0 bridgehead atoms. The molecule has 0 aliphatic carbocycles. The SMILES string of the molecule is C=C(CO[Si](C(C)C)(C(C)C)C(C)C)[C@H](C)[C@@H](O)c1ccccc1-c1ccccc1. The van der Waals surface area contributed by atoms with Gasteiger partial charge in [-0.2, -0.15) is 0 Å². The Hall–Kier alpha value is -1.68. The molecule has 0 unspecified atom stereocenters. The predicted octanol–water partition coefficient (Wildman–Crippen LogP) is 7.77. The highest BCUT2D eigenvalue weighted by Gasteiger charge is 2.45. The summed E-state index contributed by atoms with van der Waals surface area (Å²) in [6.07, 6.45) is -0.620. The zero-order valence-corrected chi connectivity index (χ0v) is 20.9. The quantitative estimate of drug-likeness (QED) is 0.312. The Labute approximate surface area is 185 Å². The second-order valence-corrected chi connectivity index (χ2v) is 14.9. The van der Waals surface area contributed by atoms with Crippen LogP contribution in [-0.4, -0.2) is 20.0 Å². The summed E-state index contributed by atoms with van der Waals surface area (Å²) in [5.41, 5.74) is 5.69. The van der Waals surface area contributed by atoms with Gasteiger partial charge in [0.05, 0.1) is 12.7 Å². The lowest BCUT2D eigenvalue weighted by Gasteiger charge is -2.42. The molecule has 0 saturated carbocycles. The van der Waals surface area contributed by atoms with Crippen LogP contribution < -0.4 is 0 Å². The van der Waals surface area contributed by atoms with Gasteiger partial charge in [0.1, 0.15) is 0 Å². The van der Waals surface area contributed by atoms with E-state index >= 15 is 0 Å². The molecule has 164 valence electrons. The molecule has 0 aromatic heterocycles. The van der Waals surface area contributed by atoms with E-state index < -0.39 is 14.4 Å². The van der Waals surface area contributed by atoms with Crippen molar-refractivity contribution >= 4 is 8.32 Å². The first-order valence-corrected chi connectivity index (χ1v) is 13.4.